The van der Waals surface area contributed by atoms with Crippen molar-refractivity contribution in [2.75, 3.05) is 0 Å². The van der Waals surface area contributed by atoms with Gasteiger partial charge in [0.1, 0.15) is 17.7 Å². The molecule has 0 saturated carbocycles. The van der Waals surface area contributed by atoms with Crippen molar-refractivity contribution in [3.8, 4) is 5.75 Å². The van der Waals surface area contributed by atoms with E-state index >= 15 is 0 Å². The Labute approximate surface area is 132 Å². The molecule has 0 bridgehead atoms. The quantitative estimate of drug-likeness (QED) is 0.780. The van der Waals surface area contributed by atoms with Gasteiger partial charge in [-0.3, -0.25) is 0 Å². The second-order valence-electron chi connectivity index (χ2n) is 4.62. The van der Waals surface area contributed by atoms with Crippen molar-refractivity contribution in [1.29, 1.82) is 0 Å². The largest absolute Gasteiger partial charge is 0.484 e. The lowest BCUT2D eigenvalue weighted by atomic mass is 10.0. The van der Waals surface area contributed by atoms with Crippen LogP contribution in [0.5, 0.6) is 5.75 Å². The number of halogens is 2. The van der Waals surface area contributed by atoms with Crippen molar-refractivity contribution in [2.24, 2.45) is 5.73 Å². The maximum absolute atomic E-state index is 13.0. The number of nitrogens with two attached hydrogens (primary N) is 1. The zero-order chi connectivity index (χ0) is 14.5. The first kappa shape index (κ1) is 15.3. The Morgan fingerprint density at radius 2 is 1.90 bits per heavy atom. The maximum atomic E-state index is 13.0. The summed E-state index contributed by atoms with van der Waals surface area (Å²) in [5, 5.41) is 0. The molecule has 0 aliphatic heterocycles. The van der Waals surface area contributed by atoms with Crippen LogP contribution in [0.15, 0.2) is 48.5 Å². The van der Waals surface area contributed by atoms with Gasteiger partial charge in [-0.1, -0.05) is 25.1 Å². The van der Waals surface area contributed by atoms with Gasteiger partial charge in [0.25, 0.3) is 0 Å². The van der Waals surface area contributed by atoms with Crippen LogP contribution in [-0.4, -0.2) is 6.04 Å². The van der Waals surface area contributed by atoms with Crippen molar-refractivity contribution in [1.82, 2.24) is 0 Å². The summed E-state index contributed by atoms with van der Waals surface area (Å²) < 4.78 is 20.2. The molecule has 0 aromatic heterocycles. The molecule has 0 aliphatic carbocycles. The van der Waals surface area contributed by atoms with E-state index in [1.807, 2.05) is 31.2 Å². The van der Waals surface area contributed by atoms with Gasteiger partial charge in [-0.2, -0.15) is 0 Å². The molecule has 2 nitrogen and oxygen atoms in total. The molecule has 20 heavy (non-hydrogen) atoms. The van der Waals surface area contributed by atoms with Crippen LogP contribution in [0, 0.1) is 9.39 Å². The zero-order valence-electron chi connectivity index (χ0n) is 11.2. The molecule has 0 fully saturated rings. The Kier molecular flexibility index (Phi) is 5.37. The molecule has 2 aromatic rings. The van der Waals surface area contributed by atoms with Crippen molar-refractivity contribution in [3.63, 3.8) is 0 Å². The summed E-state index contributed by atoms with van der Waals surface area (Å²) in [6.45, 7) is 2.01. The van der Waals surface area contributed by atoms with Crippen LogP contribution in [0.1, 0.15) is 25.0 Å². The third-order valence-corrected chi connectivity index (χ3v) is 3.79. The predicted octanol–water partition coefficient (Wildman–Crippen LogP) is 4.29. The van der Waals surface area contributed by atoms with Crippen LogP contribution >= 0.6 is 22.6 Å². The summed E-state index contributed by atoms with van der Waals surface area (Å²) in [4.78, 5) is 0. The minimum Gasteiger partial charge on any atom is -0.484 e. The Bertz CT molecular complexity index is 559. The molecule has 4 heteroatoms. The van der Waals surface area contributed by atoms with E-state index in [1.165, 1.54) is 12.1 Å². The van der Waals surface area contributed by atoms with Gasteiger partial charge in [0.05, 0.1) is 0 Å². The fourth-order valence-corrected chi connectivity index (χ4v) is 2.47. The number of hydrogen-bond donors (Lipinski definition) is 1. The standard InChI is InChI=1S/C16H17FINO/c1-2-15(19)16(11-6-8-12(17)9-7-11)20-14-5-3-4-13(18)10-14/h3-10,15-16H,2,19H2,1H3. The second kappa shape index (κ2) is 7.04. The minimum absolute atomic E-state index is 0.140. The van der Waals surface area contributed by atoms with E-state index < -0.39 is 0 Å². The lowest BCUT2D eigenvalue weighted by Crippen LogP contribution is -2.31. The van der Waals surface area contributed by atoms with E-state index in [4.69, 9.17) is 10.5 Å². The molecule has 0 saturated heterocycles. The normalized spacial score (nSPS) is 13.8. The second-order valence-corrected chi connectivity index (χ2v) is 5.87. The fraction of sp³-hybridized carbons (Fsp3) is 0.250. The monoisotopic (exact) mass is 385 g/mol. The van der Waals surface area contributed by atoms with Gasteiger partial charge in [0, 0.05) is 9.61 Å². The van der Waals surface area contributed by atoms with Gasteiger partial charge < -0.3 is 10.5 Å². The molecule has 0 aliphatic rings. The summed E-state index contributed by atoms with van der Waals surface area (Å²) in [7, 11) is 0. The minimum atomic E-state index is -0.279. The number of ether oxygens (including phenoxy) is 1. The first-order valence-corrected chi connectivity index (χ1v) is 7.61. The first-order valence-electron chi connectivity index (χ1n) is 6.53. The van der Waals surface area contributed by atoms with Gasteiger partial charge in [-0.05, 0) is 64.9 Å². The Morgan fingerprint density at radius 1 is 1.20 bits per heavy atom. The van der Waals surface area contributed by atoms with E-state index in [1.54, 1.807) is 12.1 Å². The van der Waals surface area contributed by atoms with Crippen LogP contribution in [0.2, 0.25) is 0 Å². The molecule has 0 radical (unpaired) electrons. The molecule has 2 N–H and O–H groups in total. The average molecular weight is 385 g/mol. The Balaban J connectivity index is 2.26. The van der Waals surface area contributed by atoms with E-state index in [9.17, 15) is 4.39 Å². The molecule has 106 valence electrons. The van der Waals surface area contributed by atoms with Crippen molar-refractivity contribution in [3.05, 3.63) is 63.5 Å². The van der Waals surface area contributed by atoms with E-state index in [0.717, 1.165) is 21.3 Å². The summed E-state index contributed by atoms with van der Waals surface area (Å²) in [6, 6.07) is 14.0. The molecule has 2 atom stereocenters. The van der Waals surface area contributed by atoms with E-state index in [-0.39, 0.29) is 18.0 Å². The highest BCUT2D eigenvalue weighted by Crippen LogP contribution is 2.26. The average Bonchev–Trinajstić information content (AvgIpc) is 2.45. The molecule has 0 spiro atoms. The highest BCUT2D eigenvalue weighted by molar-refractivity contribution is 14.1. The van der Waals surface area contributed by atoms with Crippen molar-refractivity contribution in [2.45, 2.75) is 25.5 Å². The van der Waals surface area contributed by atoms with Gasteiger partial charge in [0.2, 0.25) is 0 Å². The Morgan fingerprint density at radius 3 is 2.50 bits per heavy atom. The van der Waals surface area contributed by atoms with Gasteiger partial charge in [-0.25, -0.2) is 4.39 Å². The first-order chi connectivity index (χ1) is 9.60. The smallest absolute Gasteiger partial charge is 0.139 e. The fourth-order valence-electron chi connectivity index (χ4n) is 1.96. The number of benzene rings is 2. The highest BCUT2D eigenvalue weighted by Gasteiger charge is 2.20. The number of hydrogen-bond acceptors (Lipinski definition) is 2. The molecule has 2 unspecified atom stereocenters. The van der Waals surface area contributed by atoms with Gasteiger partial charge in [0.15, 0.2) is 0 Å². The lowest BCUT2D eigenvalue weighted by molar-refractivity contribution is 0.171. The molecule has 2 aromatic carbocycles. The topological polar surface area (TPSA) is 35.2 Å². The summed E-state index contributed by atoms with van der Waals surface area (Å²) in [5.41, 5.74) is 7.04. The number of rotatable bonds is 5. The third-order valence-electron chi connectivity index (χ3n) is 3.12. The molecule has 0 amide bonds. The van der Waals surface area contributed by atoms with Gasteiger partial charge >= 0.3 is 0 Å². The van der Waals surface area contributed by atoms with Gasteiger partial charge in [-0.15, -0.1) is 0 Å². The highest BCUT2D eigenvalue weighted by atomic mass is 127. The van der Waals surface area contributed by atoms with Crippen LogP contribution in [0.25, 0.3) is 0 Å². The molecular weight excluding hydrogens is 368 g/mol. The summed E-state index contributed by atoms with van der Waals surface area (Å²) in [5.74, 6) is 0.516. The van der Waals surface area contributed by atoms with Crippen LogP contribution < -0.4 is 10.5 Å². The van der Waals surface area contributed by atoms with Crippen LogP contribution in [0.3, 0.4) is 0 Å². The summed E-state index contributed by atoms with van der Waals surface area (Å²) >= 11 is 2.24. The van der Waals surface area contributed by atoms with Crippen LogP contribution in [0.4, 0.5) is 4.39 Å². The predicted molar refractivity (Wildman–Crippen MR) is 87.2 cm³/mol. The lowest BCUT2D eigenvalue weighted by Gasteiger charge is -2.25. The van der Waals surface area contributed by atoms with Crippen molar-refractivity contribution < 1.29 is 9.13 Å². The zero-order valence-corrected chi connectivity index (χ0v) is 13.4. The Hall–Kier alpha value is -1.14. The molecule has 0 heterocycles. The van der Waals surface area contributed by atoms with E-state index in [2.05, 4.69) is 22.6 Å². The molecule has 2 rings (SSSR count). The maximum Gasteiger partial charge on any atom is 0.139 e. The van der Waals surface area contributed by atoms with E-state index in [0.29, 0.717) is 0 Å². The van der Waals surface area contributed by atoms with Crippen molar-refractivity contribution >= 4 is 22.6 Å². The SMILES string of the molecule is CCC(N)C(Oc1cccc(I)c1)c1ccc(F)cc1. The summed E-state index contributed by atoms with van der Waals surface area (Å²) in [6.07, 6.45) is 0.505. The van der Waals surface area contributed by atoms with Crippen LogP contribution in [-0.2, 0) is 0 Å². The third kappa shape index (κ3) is 3.93. The molecular formula is C16H17FINO.